The molecule has 3 rings (SSSR count). The molecule has 3 N–H and O–H groups in total. The first-order valence-electron chi connectivity index (χ1n) is 12.5. The van der Waals surface area contributed by atoms with E-state index in [-0.39, 0.29) is 23.5 Å². The van der Waals surface area contributed by atoms with E-state index in [0.29, 0.717) is 32.5 Å². The Bertz CT molecular complexity index is 847. The fourth-order valence-corrected chi connectivity index (χ4v) is 4.38. The lowest BCUT2D eigenvalue weighted by Crippen LogP contribution is -2.51. The number of hydrogen-bond donors (Lipinski definition) is 3. The molecule has 198 valence electrons. The van der Waals surface area contributed by atoms with Crippen molar-refractivity contribution >= 4 is 23.7 Å². The van der Waals surface area contributed by atoms with Gasteiger partial charge in [-0.1, -0.05) is 72.7 Å². The summed E-state index contributed by atoms with van der Waals surface area (Å²) in [4.78, 5) is 29.5. The van der Waals surface area contributed by atoms with Gasteiger partial charge in [-0.3, -0.25) is 9.59 Å². The van der Waals surface area contributed by atoms with Crippen LogP contribution in [0.5, 0.6) is 0 Å². The summed E-state index contributed by atoms with van der Waals surface area (Å²) in [6.07, 6.45) is 1.07. The zero-order chi connectivity index (χ0) is 27.0. The lowest BCUT2D eigenvalue weighted by atomic mass is 9.86. The summed E-state index contributed by atoms with van der Waals surface area (Å²) in [5.41, 5.74) is 5.09. The van der Waals surface area contributed by atoms with Gasteiger partial charge in [0.05, 0.1) is 28.2 Å². The maximum Gasteiger partial charge on any atom is 0.240 e. The quantitative estimate of drug-likeness (QED) is 0.497. The number of aliphatic hydroxyl groups is 1. The summed E-state index contributed by atoms with van der Waals surface area (Å²) in [5.74, 6) is 0.0987. The van der Waals surface area contributed by atoms with E-state index in [4.69, 9.17) is 0 Å². The molecule has 1 fully saturated rings. The number of rotatable bonds is 6. The number of thiazole rings is 1. The summed E-state index contributed by atoms with van der Waals surface area (Å²) in [7, 11) is 1.81. The van der Waals surface area contributed by atoms with Crippen molar-refractivity contribution in [3.63, 3.8) is 0 Å². The molecule has 1 aliphatic rings. The van der Waals surface area contributed by atoms with Gasteiger partial charge in [-0.15, -0.1) is 11.3 Å². The average molecular weight is 507 g/mol. The summed E-state index contributed by atoms with van der Waals surface area (Å²) in [6.45, 7) is 17.9. The van der Waals surface area contributed by atoms with Crippen molar-refractivity contribution in [1.29, 1.82) is 0 Å². The summed E-state index contributed by atoms with van der Waals surface area (Å²) < 4.78 is 0. The van der Waals surface area contributed by atoms with Gasteiger partial charge in [-0.05, 0) is 36.9 Å². The first kappa shape index (κ1) is 32.7. The van der Waals surface area contributed by atoms with E-state index >= 15 is 0 Å². The molecule has 2 heterocycles. The number of aryl methyl sites for hydroxylation is 1. The van der Waals surface area contributed by atoms with Gasteiger partial charge in [-0.25, -0.2) is 4.98 Å². The Morgan fingerprint density at radius 1 is 1.23 bits per heavy atom. The minimum absolute atomic E-state index is 0.0978. The molecule has 7 nitrogen and oxygen atoms in total. The highest BCUT2D eigenvalue weighted by molar-refractivity contribution is 7.13. The number of likely N-dealkylation sites (N-methyl/N-ethyl adjacent to an activating group) is 1. The lowest BCUT2D eigenvalue weighted by Gasteiger charge is -2.32. The Hall–Kier alpha value is -2.29. The summed E-state index contributed by atoms with van der Waals surface area (Å²) in [6, 6.07) is 7.98. The Morgan fingerprint density at radius 2 is 1.83 bits per heavy atom. The molecule has 1 aromatic carbocycles. The van der Waals surface area contributed by atoms with E-state index in [1.54, 1.807) is 23.3 Å². The Labute approximate surface area is 216 Å². The molecular formula is C27H46N4O3S. The highest BCUT2D eigenvalue weighted by Gasteiger charge is 2.35. The second kappa shape index (κ2) is 17.2. The molecule has 0 aliphatic carbocycles. The van der Waals surface area contributed by atoms with Gasteiger partial charge in [0.1, 0.15) is 0 Å². The van der Waals surface area contributed by atoms with E-state index < -0.39 is 0 Å². The minimum atomic E-state index is -0.341. The molecule has 1 aliphatic heterocycles. The van der Waals surface area contributed by atoms with Gasteiger partial charge in [-0.2, -0.15) is 0 Å². The van der Waals surface area contributed by atoms with Gasteiger partial charge in [0.2, 0.25) is 12.3 Å². The second-order valence-corrected chi connectivity index (χ2v) is 9.63. The standard InChI is InChI=1S/C12H12N2OS.C11H22N2O2.2C2H6/c1-9-12(16-8-14-9)11-4-2-10(3-5-11)6-13-7-15;1-11(2,3)9(12-4)10(15)13-6-5-8(14)7-13;2*1-2/h2-5,7-8H,6H2,1H3,(H,13,15);8-9,12,14H,5-7H2,1-4H3;2*1-2H3. The lowest BCUT2D eigenvalue weighted by molar-refractivity contribution is -0.135. The molecule has 35 heavy (non-hydrogen) atoms. The summed E-state index contributed by atoms with van der Waals surface area (Å²) >= 11 is 1.64. The number of aliphatic hydroxyl groups excluding tert-OH is 1. The molecule has 8 heteroatoms. The van der Waals surface area contributed by atoms with Crippen LogP contribution in [0.15, 0.2) is 29.8 Å². The highest BCUT2D eigenvalue weighted by Crippen LogP contribution is 2.27. The van der Waals surface area contributed by atoms with E-state index in [0.717, 1.165) is 11.3 Å². The highest BCUT2D eigenvalue weighted by atomic mass is 32.1. The van der Waals surface area contributed by atoms with Gasteiger partial charge >= 0.3 is 0 Å². The Morgan fingerprint density at radius 3 is 2.23 bits per heavy atom. The van der Waals surface area contributed by atoms with E-state index in [9.17, 15) is 14.7 Å². The molecule has 2 aromatic rings. The Balaban J connectivity index is 0.000000580. The SMILES string of the molecule is CC.CC.CNC(C(=O)N1CCC(O)C1)C(C)(C)C.Cc1ncsc1-c1ccc(CNC=O)cc1. The third kappa shape index (κ3) is 10.9. The first-order valence-corrected chi connectivity index (χ1v) is 13.4. The van der Waals surface area contributed by atoms with Gasteiger partial charge in [0.25, 0.3) is 0 Å². The van der Waals surface area contributed by atoms with Crippen LogP contribution in [-0.4, -0.2) is 59.6 Å². The van der Waals surface area contributed by atoms with Crippen LogP contribution in [-0.2, 0) is 16.1 Å². The minimum Gasteiger partial charge on any atom is -0.391 e. The van der Waals surface area contributed by atoms with Crippen molar-refractivity contribution in [2.24, 2.45) is 5.41 Å². The smallest absolute Gasteiger partial charge is 0.240 e. The maximum absolute atomic E-state index is 12.1. The number of likely N-dealkylation sites (tertiary alicyclic amines) is 1. The molecule has 0 bridgehead atoms. The molecular weight excluding hydrogens is 460 g/mol. The van der Waals surface area contributed by atoms with E-state index in [1.807, 2.05) is 73.0 Å². The van der Waals surface area contributed by atoms with Crippen LogP contribution in [0, 0.1) is 12.3 Å². The number of β-amino-alcohol motifs (C(OH)–C–C–N with tert-alkyl or cyclic N) is 1. The number of amides is 2. The third-order valence-electron chi connectivity index (χ3n) is 5.23. The van der Waals surface area contributed by atoms with Crippen LogP contribution in [0.1, 0.15) is 66.1 Å². The fraction of sp³-hybridized carbons (Fsp3) is 0.593. The van der Waals surface area contributed by atoms with Crippen molar-refractivity contribution in [3.05, 3.63) is 41.0 Å². The van der Waals surface area contributed by atoms with Gasteiger partial charge < -0.3 is 20.6 Å². The summed E-state index contributed by atoms with van der Waals surface area (Å²) in [5, 5.41) is 15.1. The normalized spacial score (nSPS) is 15.4. The molecule has 2 amide bonds. The van der Waals surface area contributed by atoms with Crippen LogP contribution in [0.2, 0.25) is 0 Å². The fourth-order valence-electron chi connectivity index (χ4n) is 3.56. The van der Waals surface area contributed by atoms with Gasteiger partial charge in [0, 0.05) is 19.6 Å². The molecule has 2 unspecified atom stereocenters. The topological polar surface area (TPSA) is 94.6 Å². The molecule has 0 spiro atoms. The van der Waals surface area contributed by atoms with Crippen LogP contribution >= 0.6 is 11.3 Å². The largest absolute Gasteiger partial charge is 0.391 e. The molecule has 2 atom stereocenters. The van der Waals surface area contributed by atoms with Crippen molar-refractivity contribution in [2.75, 3.05) is 20.1 Å². The van der Waals surface area contributed by atoms with Crippen molar-refractivity contribution in [2.45, 2.75) is 80.5 Å². The van der Waals surface area contributed by atoms with E-state index in [1.165, 1.54) is 10.4 Å². The molecule has 0 radical (unpaired) electrons. The third-order valence-corrected chi connectivity index (χ3v) is 6.21. The number of benzene rings is 1. The predicted molar refractivity (Wildman–Crippen MR) is 147 cm³/mol. The molecule has 1 aromatic heterocycles. The average Bonchev–Trinajstić information content (AvgIpc) is 3.48. The van der Waals surface area contributed by atoms with Crippen LogP contribution in [0.25, 0.3) is 10.4 Å². The number of carbonyl (C=O) groups is 2. The number of nitrogens with one attached hydrogen (secondary N) is 2. The number of hydrogen-bond acceptors (Lipinski definition) is 6. The van der Waals surface area contributed by atoms with Crippen molar-refractivity contribution < 1.29 is 14.7 Å². The van der Waals surface area contributed by atoms with E-state index in [2.05, 4.69) is 27.8 Å². The number of nitrogens with zero attached hydrogens (tertiary/aromatic N) is 2. The van der Waals surface area contributed by atoms with Crippen LogP contribution in [0.4, 0.5) is 0 Å². The molecule has 1 saturated heterocycles. The zero-order valence-electron chi connectivity index (χ0n) is 23.0. The van der Waals surface area contributed by atoms with Crippen molar-refractivity contribution in [1.82, 2.24) is 20.5 Å². The van der Waals surface area contributed by atoms with Crippen molar-refractivity contribution in [3.8, 4) is 10.4 Å². The number of aromatic nitrogens is 1. The first-order chi connectivity index (χ1) is 16.7. The zero-order valence-corrected chi connectivity index (χ0v) is 23.8. The molecule has 0 saturated carbocycles. The predicted octanol–water partition coefficient (Wildman–Crippen LogP) is 4.63. The second-order valence-electron chi connectivity index (χ2n) is 8.78. The Kier molecular flexibility index (Phi) is 16.1. The maximum atomic E-state index is 12.1. The van der Waals surface area contributed by atoms with Crippen LogP contribution < -0.4 is 10.6 Å². The monoisotopic (exact) mass is 506 g/mol. The van der Waals surface area contributed by atoms with Crippen LogP contribution in [0.3, 0.4) is 0 Å². The van der Waals surface area contributed by atoms with Gasteiger partial charge in [0.15, 0.2) is 0 Å². The number of carbonyl (C=O) groups excluding carboxylic acids is 2.